The molecule has 0 atom stereocenters. The average molecular weight is 220 g/mol. The van der Waals surface area contributed by atoms with Gasteiger partial charge in [0.1, 0.15) is 13.0 Å². The van der Waals surface area contributed by atoms with Gasteiger partial charge in [0.15, 0.2) is 5.78 Å². The molecule has 80 valence electrons. The normalized spacial score (nSPS) is 9.50. The summed E-state index contributed by atoms with van der Waals surface area (Å²) in [6, 6.07) is 0. The minimum atomic E-state index is -1.12. The van der Waals surface area contributed by atoms with Gasteiger partial charge >= 0.3 is 11.9 Å². The summed E-state index contributed by atoms with van der Waals surface area (Å²) < 4.78 is 4.62. The maximum Gasteiger partial charge on any atom is 0.310 e. The highest BCUT2D eigenvalue weighted by atomic mass is 32.2. The second kappa shape index (κ2) is 7.37. The molecule has 0 fully saturated rings. The number of Topliss-reactive ketones (excluding diaryl/α,β-unsaturated/α-hetero) is 1. The Labute approximate surface area is 85.8 Å². The number of ketones is 1. The number of thioether (sulfide) groups is 1. The number of carbonyl (C=O) groups excluding carboxylic acids is 2. The number of hydrogen-bond acceptors (Lipinski definition) is 5. The number of carboxylic acid groups (broad SMARTS) is 1. The van der Waals surface area contributed by atoms with E-state index in [1.54, 1.807) is 0 Å². The first kappa shape index (κ1) is 13.0. The van der Waals surface area contributed by atoms with Gasteiger partial charge in [0, 0.05) is 12.7 Å². The first-order valence-corrected chi connectivity index (χ1v) is 5.12. The van der Waals surface area contributed by atoms with E-state index in [9.17, 15) is 14.4 Å². The van der Waals surface area contributed by atoms with Gasteiger partial charge in [-0.25, -0.2) is 0 Å². The first-order chi connectivity index (χ1) is 6.52. The van der Waals surface area contributed by atoms with Crippen LogP contribution in [0.25, 0.3) is 0 Å². The molecule has 0 aliphatic heterocycles. The third-order valence-electron chi connectivity index (χ3n) is 1.14. The monoisotopic (exact) mass is 220 g/mol. The molecule has 0 saturated heterocycles. The molecule has 0 bridgehead atoms. The number of carbonyl (C=O) groups is 3. The van der Waals surface area contributed by atoms with Gasteiger partial charge in [0.05, 0.1) is 5.75 Å². The van der Waals surface area contributed by atoms with Crippen molar-refractivity contribution in [1.29, 1.82) is 0 Å². The summed E-state index contributed by atoms with van der Waals surface area (Å²) in [5.41, 5.74) is 0. The summed E-state index contributed by atoms with van der Waals surface area (Å²) in [6.07, 6.45) is -0.444. The quantitative estimate of drug-likeness (QED) is 0.378. The molecular formula is C8H12O5S. The van der Waals surface area contributed by atoms with Gasteiger partial charge in [-0.05, 0) is 0 Å². The van der Waals surface area contributed by atoms with Crippen LogP contribution in [0.5, 0.6) is 0 Å². The minimum Gasteiger partial charge on any atom is -0.481 e. The van der Waals surface area contributed by atoms with Crippen LogP contribution >= 0.6 is 11.8 Å². The lowest BCUT2D eigenvalue weighted by atomic mass is 10.3. The Morgan fingerprint density at radius 3 is 2.50 bits per heavy atom. The summed E-state index contributed by atoms with van der Waals surface area (Å²) in [6.45, 7) is 1.56. The van der Waals surface area contributed by atoms with E-state index in [1.165, 1.54) is 18.7 Å². The van der Waals surface area contributed by atoms with Crippen LogP contribution in [0, 0.1) is 0 Å². The fourth-order valence-corrected chi connectivity index (χ4v) is 1.33. The van der Waals surface area contributed by atoms with Crippen molar-refractivity contribution in [2.75, 3.05) is 18.1 Å². The topological polar surface area (TPSA) is 80.7 Å². The van der Waals surface area contributed by atoms with Crippen molar-refractivity contribution in [3.05, 3.63) is 0 Å². The predicted molar refractivity (Wildman–Crippen MR) is 51.2 cm³/mol. The highest BCUT2D eigenvalue weighted by Gasteiger charge is 2.07. The second-order valence-corrected chi connectivity index (χ2v) is 3.61. The SMILES string of the molecule is CC(=O)OCCSCC(=O)CC(=O)O. The summed E-state index contributed by atoms with van der Waals surface area (Å²) in [5.74, 6) is -1.15. The number of aliphatic carboxylic acids is 1. The van der Waals surface area contributed by atoms with E-state index in [0.29, 0.717) is 5.75 Å². The molecule has 0 rings (SSSR count). The van der Waals surface area contributed by atoms with Crippen LogP contribution < -0.4 is 0 Å². The Morgan fingerprint density at radius 1 is 1.36 bits per heavy atom. The molecule has 0 unspecified atom stereocenters. The van der Waals surface area contributed by atoms with E-state index in [2.05, 4.69) is 4.74 Å². The minimum absolute atomic E-state index is 0.146. The van der Waals surface area contributed by atoms with Gasteiger partial charge in [-0.15, -0.1) is 0 Å². The van der Waals surface area contributed by atoms with Crippen LogP contribution in [0.4, 0.5) is 0 Å². The van der Waals surface area contributed by atoms with E-state index in [-0.39, 0.29) is 24.1 Å². The Bertz CT molecular complexity index is 226. The molecular weight excluding hydrogens is 208 g/mol. The molecule has 0 radical (unpaired) electrons. The lowest BCUT2D eigenvalue weighted by molar-refractivity contribution is -0.141. The van der Waals surface area contributed by atoms with Crippen molar-refractivity contribution in [3.63, 3.8) is 0 Å². The maximum absolute atomic E-state index is 10.8. The Hall–Kier alpha value is -1.04. The molecule has 0 aliphatic carbocycles. The Balaban J connectivity index is 3.32. The lowest BCUT2D eigenvalue weighted by Gasteiger charge is -2.00. The van der Waals surface area contributed by atoms with Gasteiger partial charge in [0.2, 0.25) is 0 Å². The zero-order valence-electron chi connectivity index (χ0n) is 7.82. The molecule has 0 spiro atoms. The molecule has 0 amide bonds. The molecule has 0 aromatic rings. The summed E-state index contributed by atoms with van der Waals surface area (Å²) in [5, 5.41) is 8.26. The van der Waals surface area contributed by atoms with E-state index >= 15 is 0 Å². The maximum atomic E-state index is 10.8. The van der Waals surface area contributed by atoms with Gasteiger partial charge < -0.3 is 9.84 Å². The molecule has 0 heterocycles. The van der Waals surface area contributed by atoms with Gasteiger partial charge in [-0.1, -0.05) is 0 Å². The van der Waals surface area contributed by atoms with Crippen molar-refractivity contribution in [2.24, 2.45) is 0 Å². The smallest absolute Gasteiger partial charge is 0.310 e. The number of carboxylic acids is 1. The number of rotatable bonds is 7. The Morgan fingerprint density at radius 2 is 2.00 bits per heavy atom. The van der Waals surface area contributed by atoms with Crippen LogP contribution in [0.3, 0.4) is 0 Å². The molecule has 5 nitrogen and oxygen atoms in total. The Kier molecular flexibility index (Phi) is 6.82. The van der Waals surface area contributed by atoms with E-state index in [0.717, 1.165) is 0 Å². The molecule has 0 aromatic heterocycles. The molecule has 0 saturated carbocycles. The molecule has 0 aliphatic rings. The van der Waals surface area contributed by atoms with Gasteiger partial charge in [-0.2, -0.15) is 11.8 Å². The van der Waals surface area contributed by atoms with Crippen LogP contribution in [0.15, 0.2) is 0 Å². The van der Waals surface area contributed by atoms with Gasteiger partial charge in [-0.3, -0.25) is 14.4 Å². The lowest BCUT2D eigenvalue weighted by Crippen LogP contribution is -2.10. The van der Waals surface area contributed by atoms with E-state index in [4.69, 9.17) is 5.11 Å². The van der Waals surface area contributed by atoms with Crippen LogP contribution in [0.2, 0.25) is 0 Å². The summed E-state index contributed by atoms with van der Waals surface area (Å²) in [4.78, 5) is 31.2. The molecule has 6 heteroatoms. The molecule has 14 heavy (non-hydrogen) atoms. The molecule has 0 aromatic carbocycles. The third kappa shape index (κ3) is 9.05. The fraction of sp³-hybridized carbons (Fsp3) is 0.625. The fourth-order valence-electron chi connectivity index (χ4n) is 0.650. The van der Waals surface area contributed by atoms with Crippen molar-refractivity contribution in [2.45, 2.75) is 13.3 Å². The zero-order chi connectivity index (χ0) is 11.0. The number of hydrogen-bond donors (Lipinski definition) is 1. The highest BCUT2D eigenvalue weighted by Crippen LogP contribution is 2.01. The largest absolute Gasteiger partial charge is 0.481 e. The van der Waals surface area contributed by atoms with Crippen molar-refractivity contribution in [1.82, 2.24) is 0 Å². The number of esters is 1. The van der Waals surface area contributed by atoms with Crippen LogP contribution in [-0.4, -0.2) is 40.9 Å². The van der Waals surface area contributed by atoms with E-state index < -0.39 is 12.4 Å². The van der Waals surface area contributed by atoms with E-state index in [1.807, 2.05) is 0 Å². The highest BCUT2D eigenvalue weighted by molar-refractivity contribution is 7.99. The van der Waals surface area contributed by atoms with Crippen molar-refractivity contribution < 1.29 is 24.2 Å². The summed E-state index contributed by atoms with van der Waals surface area (Å²) >= 11 is 1.26. The van der Waals surface area contributed by atoms with Crippen molar-refractivity contribution >= 4 is 29.5 Å². The van der Waals surface area contributed by atoms with Crippen molar-refractivity contribution in [3.8, 4) is 0 Å². The average Bonchev–Trinajstić information content (AvgIpc) is 2.01. The zero-order valence-corrected chi connectivity index (χ0v) is 8.63. The first-order valence-electron chi connectivity index (χ1n) is 3.97. The summed E-state index contributed by atoms with van der Waals surface area (Å²) in [7, 11) is 0. The third-order valence-corrected chi connectivity index (χ3v) is 2.13. The van der Waals surface area contributed by atoms with Crippen LogP contribution in [-0.2, 0) is 19.1 Å². The number of ether oxygens (including phenoxy) is 1. The predicted octanol–water partition coefficient (Wildman–Crippen LogP) is 0.326. The second-order valence-electron chi connectivity index (χ2n) is 2.50. The van der Waals surface area contributed by atoms with Crippen LogP contribution in [0.1, 0.15) is 13.3 Å². The van der Waals surface area contributed by atoms with Gasteiger partial charge in [0.25, 0.3) is 0 Å². The molecule has 1 N–H and O–H groups in total. The standard InChI is InChI=1S/C8H12O5S/c1-6(9)13-2-3-14-5-7(10)4-8(11)12/h2-5H2,1H3,(H,11,12).